The minimum Gasteiger partial charge on any atom is -0.391 e. The molecule has 0 bridgehead atoms. The number of amides is 2. The van der Waals surface area contributed by atoms with Crippen LogP contribution in [0, 0.1) is 12.3 Å². The van der Waals surface area contributed by atoms with Gasteiger partial charge >= 0.3 is 0 Å². The molecule has 0 spiro atoms. The number of aliphatic hydroxyl groups excluding tert-OH is 1. The molecule has 1 fully saturated rings. The first kappa shape index (κ1) is 21.0. The van der Waals surface area contributed by atoms with Gasteiger partial charge in [0.1, 0.15) is 6.04 Å². The molecule has 2 N–H and O–H groups in total. The summed E-state index contributed by atoms with van der Waals surface area (Å²) in [5, 5.41) is 13.1. The standard InChI is InChI=1S/C23H31N3O3S/c1-14(16-6-8-17(9-7-16)21-15(2)24-13-30-21)25-22(29)19-10-18(27)12-26(19)20(28)11-23(3,4)5/h6-9,13-14,18-19,27H,10-12H2,1-5H3,(H,25,29)/t14-,18+,19-/m0/s1/i11D/t11-,14+,18-,19+/m1. The zero-order chi connectivity index (χ0) is 22.9. The molecule has 7 heteroatoms. The molecule has 1 aromatic carbocycles. The second-order valence-corrected chi connectivity index (χ2v) is 9.88. The third-order valence-corrected chi connectivity index (χ3v) is 6.18. The van der Waals surface area contributed by atoms with Crippen LogP contribution in [0.25, 0.3) is 10.4 Å². The number of β-amino-alcohol motifs (C(OH)–C–C–N with tert-alkyl or cyclic N) is 1. The number of hydrogen-bond donors (Lipinski definition) is 2. The Morgan fingerprint density at radius 3 is 2.60 bits per heavy atom. The molecule has 4 atom stereocenters. The van der Waals surface area contributed by atoms with E-state index in [9.17, 15) is 14.7 Å². The topological polar surface area (TPSA) is 82.5 Å². The Balaban J connectivity index is 1.69. The third kappa shape index (κ3) is 5.26. The lowest BCUT2D eigenvalue weighted by atomic mass is 9.91. The van der Waals surface area contributed by atoms with Crippen LogP contribution in [0.15, 0.2) is 29.8 Å². The van der Waals surface area contributed by atoms with Gasteiger partial charge in [-0.1, -0.05) is 45.0 Å². The van der Waals surface area contributed by atoms with Crippen LogP contribution in [0.1, 0.15) is 59.2 Å². The molecule has 0 saturated carbocycles. The Bertz CT molecular complexity index is 938. The van der Waals surface area contributed by atoms with E-state index >= 15 is 0 Å². The van der Waals surface area contributed by atoms with Crippen LogP contribution in [0.3, 0.4) is 0 Å². The van der Waals surface area contributed by atoms with Crippen molar-refractivity contribution in [2.24, 2.45) is 5.41 Å². The van der Waals surface area contributed by atoms with Crippen molar-refractivity contribution in [3.63, 3.8) is 0 Å². The van der Waals surface area contributed by atoms with Crippen LogP contribution in [-0.2, 0) is 9.59 Å². The molecule has 30 heavy (non-hydrogen) atoms. The molecule has 1 aliphatic heterocycles. The van der Waals surface area contributed by atoms with E-state index in [0.717, 1.165) is 21.7 Å². The summed E-state index contributed by atoms with van der Waals surface area (Å²) < 4.78 is 8.25. The number of rotatable bonds is 5. The molecule has 2 heterocycles. The van der Waals surface area contributed by atoms with Gasteiger partial charge in [-0.25, -0.2) is 4.98 Å². The van der Waals surface area contributed by atoms with Gasteiger partial charge in [-0.15, -0.1) is 11.3 Å². The highest BCUT2D eigenvalue weighted by molar-refractivity contribution is 7.13. The van der Waals surface area contributed by atoms with Gasteiger partial charge in [-0.2, -0.15) is 0 Å². The maximum atomic E-state index is 13.0. The Hall–Kier alpha value is -2.25. The lowest BCUT2D eigenvalue weighted by Gasteiger charge is -2.28. The lowest BCUT2D eigenvalue weighted by molar-refractivity contribution is -0.140. The number of hydrogen-bond acceptors (Lipinski definition) is 5. The first-order valence-electron chi connectivity index (χ1n) is 10.8. The molecule has 1 aromatic heterocycles. The molecule has 162 valence electrons. The highest BCUT2D eigenvalue weighted by Gasteiger charge is 2.39. The predicted octanol–water partition coefficient (Wildman–Crippen LogP) is 3.69. The molecule has 3 rings (SSSR count). The van der Waals surface area contributed by atoms with Crippen LogP contribution in [0.5, 0.6) is 0 Å². The van der Waals surface area contributed by atoms with Gasteiger partial charge in [0, 0.05) is 20.7 Å². The molecule has 2 aromatic rings. The fraction of sp³-hybridized carbons (Fsp3) is 0.522. The van der Waals surface area contributed by atoms with Crippen molar-refractivity contribution in [2.75, 3.05) is 6.54 Å². The van der Waals surface area contributed by atoms with E-state index in [0.29, 0.717) is 0 Å². The number of nitrogens with zero attached hydrogens (tertiary/aromatic N) is 2. The molecule has 2 amide bonds. The molecule has 0 radical (unpaired) electrons. The van der Waals surface area contributed by atoms with Crippen molar-refractivity contribution < 1.29 is 16.1 Å². The Kier molecular flexibility index (Phi) is 6.20. The number of carbonyl (C=O) groups is 2. The number of aliphatic hydroxyl groups is 1. The highest BCUT2D eigenvalue weighted by Crippen LogP contribution is 2.29. The second-order valence-electron chi connectivity index (χ2n) is 9.03. The zero-order valence-electron chi connectivity index (χ0n) is 19.2. The minimum absolute atomic E-state index is 0.0830. The van der Waals surface area contributed by atoms with E-state index in [-0.39, 0.29) is 24.9 Å². The van der Waals surface area contributed by atoms with Crippen LogP contribution >= 0.6 is 11.3 Å². The summed E-state index contributed by atoms with van der Waals surface area (Å²) in [5.74, 6) is -0.720. The van der Waals surface area contributed by atoms with E-state index in [1.807, 2.05) is 64.4 Å². The lowest BCUT2D eigenvalue weighted by Crippen LogP contribution is -2.47. The molecule has 0 unspecified atom stereocenters. The van der Waals surface area contributed by atoms with Crippen LogP contribution in [-0.4, -0.2) is 45.5 Å². The predicted molar refractivity (Wildman–Crippen MR) is 119 cm³/mol. The third-order valence-electron chi connectivity index (χ3n) is 5.20. The van der Waals surface area contributed by atoms with E-state index in [2.05, 4.69) is 10.3 Å². The number of aryl methyl sites for hydroxylation is 1. The van der Waals surface area contributed by atoms with Gasteiger partial charge in [-0.3, -0.25) is 9.59 Å². The van der Waals surface area contributed by atoms with E-state index in [1.54, 1.807) is 11.3 Å². The molecule has 6 nitrogen and oxygen atoms in total. The minimum atomic E-state index is -0.992. The van der Waals surface area contributed by atoms with E-state index in [1.165, 1.54) is 4.90 Å². The Labute approximate surface area is 183 Å². The second kappa shape index (κ2) is 8.86. The molecule has 0 aliphatic carbocycles. The van der Waals surface area contributed by atoms with Gasteiger partial charge in [0.05, 0.1) is 28.2 Å². The molecule has 1 saturated heterocycles. The van der Waals surface area contributed by atoms with Crippen molar-refractivity contribution in [3.05, 3.63) is 41.0 Å². The fourth-order valence-corrected chi connectivity index (χ4v) is 4.47. The van der Waals surface area contributed by atoms with Crippen molar-refractivity contribution in [1.29, 1.82) is 0 Å². The SMILES string of the molecule is [2H][C@H](C(=O)N1C[C@H](O)C[C@H]1C(=O)N[C@@H](C)c1ccc(-c2scnc2C)cc1)C(C)(C)C. The van der Waals surface area contributed by atoms with Crippen molar-refractivity contribution in [3.8, 4) is 10.4 Å². The number of likely N-dealkylation sites (tertiary alicyclic amines) is 1. The zero-order valence-corrected chi connectivity index (χ0v) is 19.0. The summed E-state index contributed by atoms with van der Waals surface area (Å²) in [6.07, 6.45) is -1.57. The first-order chi connectivity index (χ1) is 14.5. The summed E-state index contributed by atoms with van der Waals surface area (Å²) in [6.45, 7) is 9.42. The maximum Gasteiger partial charge on any atom is 0.243 e. The first-order valence-corrected chi connectivity index (χ1v) is 11.1. The molecular formula is C23H31N3O3S. The average molecular weight is 431 g/mol. The van der Waals surface area contributed by atoms with Gasteiger partial charge in [0.25, 0.3) is 0 Å². The summed E-state index contributed by atoms with van der Waals surface area (Å²) >= 11 is 1.59. The number of aromatic nitrogens is 1. The monoisotopic (exact) mass is 430 g/mol. The Morgan fingerprint density at radius 1 is 1.37 bits per heavy atom. The van der Waals surface area contributed by atoms with Crippen LogP contribution in [0.4, 0.5) is 0 Å². The maximum absolute atomic E-state index is 13.0. The number of nitrogens with one attached hydrogen (secondary N) is 1. The van der Waals surface area contributed by atoms with Crippen LogP contribution in [0.2, 0.25) is 0 Å². The number of carbonyl (C=O) groups excluding carboxylic acids is 2. The van der Waals surface area contributed by atoms with Gasteiger partial charge < -0.3 is 15.3 Å². The van der Waals surface area contributed by atoms with Crippen LogP contribution < -0.4 is 5.32 Å². The van der Waals surface area contributed by atoms with Gasteiger partial charge in [-0.05, 0) is 30.4 Å². The average Bonchev–Trinajstić information content (AvgIpc) is 3.31. The molecule has 1 aliphatic rings. The normalized spacial score (nSPS) is 21.8. The fourth-order valence-electron chi connectivity index (χ4n) is 3.65. The van der Waals surface area contributed by atoms with Crippen molar-refractivity contribution in [2.45, 2.75) is 65.6 Å². The summed E-state index contributed by atoms with van der Waals surface area (Å²) in [4.78, 5) is 32.6. The highest BCUT2D eigenvalue weighted by atomic mass is 32.1. The van der Waals surface area contributed by atoms with Gasteiger partial charge in [0.2, 0.25) is 11.8 Å². The van der Waals surface area contributed by atoms with Gasteiger partial charge in [0.15, 0.2) is 0 Å². The van der Waals surface area contributed by atoms with Crippen molar-refractivity contribution >= 4 is 23.2 Å². The summed E-state index contributed by atoms with van der Waals surface area (Å²) in [6, 6.07) is 6.97. The number of benzene rings is 1. The quantitative estimate of drug-likeness (QED) is 0.758. The number of thiazole rings is 1. The smallest absolute Gasteiger partial charge is 0.243 e. The van der Waals surface area contributed by atoms with Crippen molar-refractivity contribution in [1.82, 2.24) is 15.2 Å². The summed E-state index contributed by atoms with van der Waals surface area (Å²) in [7, 11) is 0. The molecular weight excluding hydrogens is 398 g/mol. The van der Waals surface area contributed by atoms with E-state index < -0.39 is 29.9 Å². The summed E-state index contributed by atoms with van der Waals surface area (Å²) in [5.41, 5.74) is 4.31. The largest absolute Gasteiger partial charge is 0.391 e. The Morgan fingerprint density at radius 2 is 2.03 bits per heavy atom. The van der Waals surface area contributed by atoms with E-state index in [4.69, 9.17) is 1.37 Å².